The first-order valence-corrected chi connectivity index (χ1v) is 12.4. The van der Waals surface area contributed by atoms with Gasteiger partial charge in [-0.15, -0.1) is 0 Å². The van der Waals surface area contributed by atoms with Crippen LogP contribution >= 0.6 is 0 Å². The van der Waals surface area contributed by atoms with Gasteiger partial charge in [0.1, 0.15) is 0 Å². The van der Waals surface area contributed by atoms with Crippen molar-refractivity contribution >= 4 is 11.9 Å². The van der Waals surface area contributed by atoms with Crippen molar-refractivity contribution in [2.75, 3.05) is 13.1 Å². The fourth-order valence-electron chi connectivity index (χ4n) is 5.45. The Bertz CT molecular complexity index is 1070. The first kappa shape index (κ1) is 25.6. The molecule has 2 N–H and O–H groups in total. The number of carbonyl (C=O) groups is 2. The Morgan fingerprint density at radius 2 is 1.33 bits per heavy atom. The van der Waals surface area contributed by atoms with Crippen LogP contribution in [-0.4, -0.2) is 52.3 Å². The molecule has 6 rings (SSSR count). The summed E-state index contributed by atoms with van der Waals surface area (Å²) in [4.78, 5) is 20.9. The van der Waals surface area contributed by atoms with Gasteiger partial charge in [-0.05, 0) is 55.5 Å². The highest BCUT2D eigenvalue weighted by Crippen LogP contribution is 2.43. The third kappa shape index (κ3) is 6.20. The average Bonchev–Trinajstić information content (AvgIpc) is 2.91. The van der Waals surface area contributed by atoms with Gasteiger partial charge in [-0.1, -0.05) is 90.5 Å². The van der Waals surface area contributed by atoms with Crippen LogP contribution in [0, 0.1) is 12.8 Å². The number of rotatable bonds is 6. The number of carboxylic acid groups (broad SMARTS) is 2. The van der Waals surface area contributed by atoms with Crippen molar-refractivity contribution < 1.29 is 24.5 Å². The molecule has 3 heterocycles. The van der Waals surface area contributed by atoms with Gasteiger partial charge < -0.3 is 14.9 Å². The second kappa shape index (κ2) is 12.0. The number of carboxylic acids is 2. The molecule has 0 saturated carbocycles. The molecule has 3 aromatic rings. The maximum absolute atomic E-state index is 9.10. The average molecular weight is 488 g/mol. The van der Waals surface area contributed by atoms with Crippen molar-refractivity contribution in [3.63, 3.8) is 0 Å². The van der Waals surface area contributed by atoms with Gasteiger partial charge in [-0.3, -0.25) is 4.90 Å². The van der Waals surface area contributed by atoms with Crippen molar-refractivity contribution in [3.8, 4) is 0 Å². The number of aliphatic carboxylic acids is 2. The van der Waals surface area contributed by atoms with Crippen LogP contribution in [0.2, 0.25) is 0 Å². The Morgan fingerprint density at radius 3 is 1.81 bits per heavy atom. The minimum Gasteiger partial charge on any atom is -0.473 e. The van der Waals surface area contributed by atoms with Crippen LogP contribution in [0.15, 0.2) is 84.9 Å². The summed E-state index contributed by atoms with van der Waals surface area (Å²) in [5.41, 5.74) is 5.36. The second-order valence-corrected chi connectivity index (χ2v) is 9.53. The highest BCUT2D eigenvalue weighted by Gasteiger charge is 2.47. The van der Waals surface area contributed by atoms with E-state index in [4.69, 9.17) is 24.5 Å². The molecule has 0 unspecified atom stereocenters. The minimum absolute atomic E-state index is 0.263. The van der Waals surface area contributed by atoms with E-state index in [1.54, 1.807) is 0 Å². The van der Waals surface area contributed by atoms with E-state index < -0.39 is 11.9 Å². The van der Waals surface area contributed by atoms with Gasteiger partial charge in [0.25, 0.3) is 0 Å². The Balaban J connectivity index is 0.000000455. The first-order valence-electron chi connectivity index (χ1n) is 12.4. The molecule has 3 aromatic carbocycles. The minimum atomic E-state index is -1.82. The van der Waals surface area contributed by atoms with E-state index in [1.807, 2.05) is 0 Å². The number of aryl methyl sites for hydroxylation is 1. The molecule has 6 heteroatoms. The van der Waals surface area contributed by atoms with Gasteiger partial charge in [0.15, 0.2) is 0 Å². The maximum Gasteiger partial charge on any atom is 0.414 e. The highest BCUT2D eigenvalue weighted by atomic mass is 16.5. The first-order chi connectivity index (χ1) is 17.4. The number of piperidine rings is 3. The van der Waals surface area contributed by atoms with Crippen molar-refractivity contribution in [1.82, 2.24) is 4.90 Å². The molecular formula is C30H33NO5. The molecule has 36 heavy (non-hydrogen) atoms. The largest absolute Gasteiger partial charge is 0.473 e. The van der Waals surface area contributed by atoms with Crippen LogP contribution in [0.1, 0.15) is 41.0 Å². The zero-order valence-electron chi connectivity index (χ0n) is 20.5. The Labute approximate surface area is 212 Å². The summed E-state index contributed by atoms with van der Waals surface area (Å²) in [6.07, 6.45) is 2.77. The molecule has 3 saturated heterocycles. The molecule has 3 aliphatic heterocycles. The second-order valence-electron chi connectivity index (χ2n) is 9.53. The molecule has 0 aromatic heterocycles. The topological polar surface area (TPSA) is 87.1 Å². The summed E-state index contributed by atoms with van der Waals surface area (Å²) < 4.78 is 6.74. The van der Waals surface area contributed by atoms with Crippen LogP contribution < -0.4 is 0 Å². The monoisotopic (exact) mass is 487 g/mol. The summed E-state index contributed by atoms with van der Waals surface area (Å²) in [6.45, 7) is 5.21. The molecule has 3 fully saturated rings. The molecular weight excluding hydrogens is 454 g/mol. The van der Waals surface area contributed by atoms with Crippen LogP contribution in [0.3, 0.4) is 0 Å². The van der Waals surface area contributed by atoms with Gasteiger partial charge in [-0.2, -0.15) is 0 Å². The number of hydrogen-bond donors (Lipinski definition) is 2. The zero-order valence-corrected chi connectivity index (χ0v) is 20.5. The van der Waals surface area contributed by atoms with Crippen LogP contribution in [0.5, 0.6) is 0 Å². The van der Waals surface area contributed by atoms with Crippen LogP contribution in [-0.2, 0) is 20.9 Å². The Kier molecular flexibility index (Phi) is 8.52. The van der Waals surface area contributed by atoms with Crippen molar-refractivity contribution in [1.29, 1.82) is 0 Å². The summed E-state index contributed by atoms with van der Waals surface area (Å²) in [5.74, 6) is -2.66. The molecule has 6 nitrogen and oxygen atoms in total. The lowest BCUT2D eigenvalue weighted by atomic mass is 9.72. The number of nitrogens with zero attached hydrogens (tertiary/aromatic N) is 1. The Hall–Kier alpha value is -3.48. The fourth-order valence-corrected chi connectivity index (χ4v) is 5.45. The van der Waals surface area contributed by atoms with E-state index in [0.717, 1.165) is 0 Å². The van der Waals surface area contributed by atoms with Gasteiger partial charge in [0.05, 0.1) is 12.7 Å². The third-order valence-electron chi connectivity index (χ3n) is 7.20. The summed E-state index contributed by atoms with van der Waals surface area (Å²) in [6, 6.07) is 31.2. The molecule has 2 bridgehead atoms. The Morgan fingerprint density at radius 1 is 0.833 bits per heavy atom. The van der Waals surface area contributed by atoms with Crippen LogP contribution in [0.25, 0.3) is 0 Å². The van der Waals surface area contributed by atoms with Gasteiger partial charge in [0, 0.05) is 12.0 Å². The lowest BCUT2D eigenvalue weighted by molar-refractivity contribution is -0.159. The van der Waals surface area contributed by atoms with Gasteiger partial charge in [-0.25, -0.2) is 9.59 Å². The predicted molar refractivity (Wildman–Crippen MR) is 138 cm³/mol. The van der Waals surface area contributed by atoms with Gasteiger partial charge >= 0.3 is 11.9 Å². The molecule has 188 valence electrons. The molecule has 0 spiro atoms. The number of fused-ring (bicyclic) bond motifs is 3. The number of ether oxygens (including phenoxy) is 1. The fraction of sp³-hybridized carbons (Fsp3) is 0.333. The normalized spacial score (nSPS) is 22.5. The lowest BCUT2D eigenvalue weighted by Gasteiger charge is -2.53. The third-order valence-corrected chi connectivity index (χ3v) is 7.20. The zero-order chi connectivity index (χ0) is 25.5. The van der Waals surface area contributed by atoms with E-state index >= 15 is 0 Å². The summed E-state index contributed by atoms with van der Waals surface area (Å²) >= 11 is 0. The van der Waals surface area contributed by atoms with E-state index in [0.29, 0.717) is 24.5 Å². The smallest absolute Gasteiger partial charge is 0.414 e. The van der Waals surface area contributed by atoms with E-state index in [-0.39, 0.29) is 6.10 Å². The summed E-state index contributed by atoms with van der Waals surface area (Å²) in [5, 5.41) is 14.8. The van der Waals surface area contributed by atoms with E-state index in [2.05, 4.69) is 96.8 Å². The quantitative estimate of drug-likeness (QED) is 0.478. The van der Waals surface area contributed by atoms with Crippen molar-refractivity contribution in [2.24, 2.45) is 5.92 Å². The maximum atomic E-state index is 9.10. The van der Waals surface area contributed by atoms with E-state index in [1.165, 1.54) is 48.2 Å². The summed E-state index contributed by atoms with van der Waals surface area (Å²) in [7, 11) is 0. The molecule has 0 aliphatic carbocycles. The van der Waals surface area contributed by atoms with Crippen LogP contribution in [0.4, 0.5) is 0 Å². The van der Waals surface area contributed by atoms with Crippen molar-refractivity contribution in [3.05, 3.63) is 107 Å². The highest BCUT2D eigenvalue weighted by molar-refractivity contribution is 6.27. The predicted octanol–water partition coefficient (Wildman–Crippen LogP) is 4.96. The lowest BCUT2D eigenvalue weighted by Crippen LogP contribution is -2.60. The SMILES string of the molecule is Cc1ccc(CO[C@@H]2C3CCN(CC3)[C@@H]2C(c2ccccc2)c2ccccc2)cc1.O=C(O)C(=O)O. The molecule has 0 radical (unpaired) electrons. The van der Waals surface area contributed by atoms with E-state index in [9.17, 15) is 0 Å². The molecule has 3 aliphatic rings. The number of benzene rings is 3. The van der Waals surface area contributed by atoms with Crippen molar-refractivity contribution in [2.45, 2.75) is 44.4 Å². The molecule has 2 atom stereocenters. The number of hydrogen-bond acceptors (Lipinski definition) is 4. The standard InChI is InChI=1S/C28H31NO.C2H2O4/c1-21-12-14-22(15-13-21)20-30-28-25-16-18-29(19-17-25)27(28)26(23-8-4-2-5-9-23)24-10-6-3-7-11-24;3-1(4)2(5)6/h2-15,25-28H,16-20H2,1H3;(H,3,4)(H,5,6)/t27-,28-;/m1./s1. The van der Waals surface area contributed by atoms with Gasteiger partial charge in [0.2, 0.25) is 0 Å². The molecule has 0 amide bonds.